The lowest BCUT2D eigenvalue weighted by molar-refractivity contribution is -0.843. The van der Waals surface area contributed by atoms with Crippen molar-refractivity contribution in [1.82, 2.24) is 0 Å². The van der Waals surface area contributed by atoms with Crippen molar-refractivity contribution in [2.45, 2.75) is 32.1 Å². The van der Waals surface area contributed by atoms with Crippen molar-refractivity contribution in [3.8, 4) is 0 Å². The third-order valence-electron chi connectivity index (χ3n) is 3.62. The Morgan fingerprint density at radius 1 is 1.43 bits per heavy atom. The first-order valence-corrected chi connectivity index (χ1v) is 7.30. The van der Waals surface area contributed by atoms with Crippen LogP contribution in [0.25, 0.3) is 0 Å². The molecule has 1 aromatic rings. The van der Waals surface area contributed by atoms with Crippen molar-refractivity contribution < 1.29 is 9.44 Å². The van der Waals surface area contributed by atoms with Gasteiger partial charge in [-0.1, -0.05) is 43.3 Å². The van der Waals surface area contributed by atoms with Crippen molar-refractivity contribution in [3.05, 3.63) is 52.8 Å². The molecule has 0 bridgehead atoms. The highest BCUT2D eigenvalue weighted by Gasteiger charge is 2.50. The minimum Gasteiger partial charge on any atom is -0.633 e. The number of hydrogen-bond donors (Lipinski definition) is 1. The monoisotopic (exact) mass is 290 g/mol. The number of nitrogens with zero attached hydrogens (tertiary/aromatic N) is 1. The van der Waals surface area contributed by atoms with Crippen molar-refractivity contribution in [3.63, 3.8) is 0 Å². The number of likely N-dealkylation sites (N-methyl/N-ethyl adjacent to an activating group) is 1. The number of carbonyl (C=O) groups is 1. The Hall–Kier alpha value is -1.65. The molecular formula is C17H26N2O2. The minimum atomic E-state index is -0.762. The van der Waals surface area contributed by atoms with E-state index < -0.39 is 16.0 Å². The lowest BCUT2D eigenvalue weighted by Crippen LogP contribution is -2.59. The third kappa shape index (κ3) is 4.16. The van der Waals surface area contributed by atoms with Gasteiger partial charge in [-0.25, -0.2) is 0 Å². The van der Waals surface area contributed by atoms with E-state index in [1.165, 1.54) is 14.1 Å². The largest absolute Gasteiger partial charge is 0.633 e. The second-order valence-corrected chi connectivity index (χ2v) is 5.99. The number of amides is 1. The van der Waals surface area contributed by atoms with E-state index in [1.807, 2.05) is 31.2 Å². The fraction of sp³-hybridized carbons (Fsp3) is 0.471. The lowest BCUT2D eigenvalue weighted by Gasteiger charge is -2.47. The molecule has 1 unspecified atom stereocenters. The highest BCUT2D eigenvalue weighted by atomic mass is 16.5. The van der Waals surface area contributed by atoms with Crippen molar-refractivity contribution in [2.24, 2.45) is 5.73 Å². The zero-order valence-corrected chi connectivity index (χ0v) is 13.4. The van der Waals surface area contributed by atoms with Crippen LogP contribution in [0.3, 0.4) is 0 Å². The van der Waals surface area contributed by atoms with Crippen molar-refractivity contribution in [2.75, 3.05) is 20.6 Å². The Balaban J connectivity index is 0.000000383. The summed E-state index contributed by atoms with van der Waals surface area (Å²) in [7, 11) is 3.07. The van der Waals surface area contributed by atoms with Crippen molar-refractivity contribution in [1.29, 1.82) is 0 Å². The summed E-state index contributed by atoms with van der Waals surface area (Å²) in [4.78, 5) is 11.6. The van der Waals surface area contributed by atoms with E-state index >= 15 is 0 Å². The molecule has 1 aliphatic rings. The summed E-state index contributed by atoms with van der Waals surface area (Å²) in [5.41, 5.74) is 6.75. The van der Waals surface area contributed by atoms with Gasteiger partial charge in [0.1, 0.15) is 5.41 Å². The van der Waals surface area contributed by atoms with Crippen LogP contribution in [0.4, 0.5) is 0 Å². The number of primary amides is 1. The summed E-state index contributed by atoms with van der Waals surface area (Å²) in [6, 6.07) is 7.67. The predicted molar refractivity (Wildman–Crippen MR) is 86.5 cm³/mol. The maximum atomic E-state index is 11.8. The molecule has 1 aromatic carbocycles. The van der Waals surface area contributed by atoms with Crippen LogP contribution >= 0.6 is 0 Å². The second-order valence-electron chi connectivity index (χ2n) is 5.99. The molecule has 1 atom stereocenters. The van der Waals surface area contributed by atoms with Crippen LogP contribution in [0.5, 0.6) is 0 Å². The molecule has 2 N–H and O–H groups in total. The topological polar surface area (TPSA) is 66.2 Å². The normalized spacial score (nSPS) is 20.2. The maximum Gasteiger partial charge on any atom is 0.234 e. The molecule has 0 aliphatic heterocycles. The van der Waals surface area contributed by atoms with Gasteiger partial charge in [0.25, 0.3) is 0 Å². The fourth-order valence-corrected chi connectivity index (χ4v) is 2.78. The third-order valence-corrected chi connectivity index (χ3v) is 3.62. The van der Waals surface area contributed by atoms with Crippen molar-refractivity contribution >= 4 is 5.91 Å². The molecule has 0 saturated carbocycles. The predicted octanol–water partition coefficient (Wildman–Crippen LogP) is 2.51. The first-order valence-electron chi connectivity index (χ1n) is 7.30. The van der Waals surface area contributed by atoms with Gasteiger partial charge in [0.15, 0.2) is 0 Å². The van der Waals surface area contributed by atoms with E-state index in [0.29, 0.717) is 6.42 Å². The molecule has 4 heteroatoms. The number of carbonyl (C=O) groups excluding carboxylic acids is 1. The molecule has 0 aromatic heterocycles. The number of quaternary nitrogens is 1. The number of allylic oxidation sites excluding steroid dienone is 2. The quantitative estimate of drug-likeness (QED) is 0.526. The number of hydroxylamine groups is 3. The number of benzene rings is 1. The van der Waals surface area contributed by atoms with Crippen LogP contribution in [0, 0.1) is 5.21 Å². The Morgan fingerprint density at radius 2 is 2.05 bits per heavy atom. The number of rotatable bonds is 4. The van der Waals surface area contributed by atoms with Crippen LogP contribution in [0.2, 0.25) is 0 Å². The highest BCUT2D eigenvalue weighted by Crippen LogP contribution is 2.42. The Morgan fingerprint density at radius 3 is 2.43 bits per heavy atom. The molecule has 2 rings (SSSR count). The second kappa shape index (κ2) is 6.87. The first-order chi connectivity index (χ1) is 9.77. The van der Waals surface area contributed by atoms with Gasteiger partial charge in [-0.2, -0.15) is 0 Å². The molecule has 21 heavy (non-hydrogen) atoms. The zero-order chi connectivity index (χ0) is 16.1. The minimum absolute atomic E-state index is 0.208. The SMILES string of the molecule is C/C=C\CC.C[N+](C)([O-])CC1(C(N)=O)Cc2ccccc21. The average Bonchev–Trinajstić information content (AvgIpc) is 2.36. The van der Waals surface area contributed by atoms with Gasteiger partial charge in [-0.3, -0.25) is 4.79 Å². The molecule has 0 spiro atoms. The summed E-state index contributed by atoms with van der Waals surface area (Å²) < 4.78 is -0.503. The zero-order valence-electron chi connectivity index (χ0n) is 13.4. The van der Waals surface area contributed by atoms with Crippen LogP contribution in [0.15, 0.2) is 36.4 Å². The number of hydrogen-bond acceptors (Lipinski definition) is 2. The smallest absolute Gasteiger partial charge is 0.234 e. The van der Waals surface area contributed by atoms with Gasteiger partial charge in [0, 0.05) is 0 Å². The Bertz CT molecular complexity index is 518. The van der Waals surface area contributed by atoms with Crippen LogP contribution in [-0.4, -0.2) is 31.2 Å². The molecule has 0 radical (unpaired) electrons. The molecule has 1 amide bonds. The van der Waals surface area contributed by atoms with E-state index in [9.17, 15) is 10.0 Å². The van der Waals surface area contributed by atoms with E-state index in [-0.39, 0.29) is 6.54 Å². The van der Waals surface area contributed by atoms with Gasteiger partial charge in [0.2, 0.25) is 5.91 Å². The summed E-state index contributed by atoms with van der Waals surface area (Å²) in [5.74, 6) is -0.395. The molecule has 1 aliphatic carbocycles. The summed E-state index contributed by atoms with van der Waals surface area (Å²) in [6.07, 6.45) is 5.93. The van der Waals surface area contributed by atoms with Crippen LogP contribution < -0.4 is 5.73 Å². The summed E-state index contributed by atoms with van der Waals surface area (Å²) in [6.45, 7) is 4.36. The van der Waals surface area contributed by atoms with Crippen LogP contribution in [-0.2, 0) is 16.6 Å². The van der Waals surface area contributed by atoms with E-state index in [2.05, 4.69) is 19.1 Å². The number of nitrogens with two attached hydrogens (primary N) is 1. The molecule has 0 heterocycles. The highest BCUT2D eigenvalue weighted by molar-refractivity contribution is 5.90. The molecule has 0 fully saturated rings. The average molecular weight is 290 g/mol. The fourth-order valence-electron chi connectivity index (χ4n) is 2.78. The van der Waals surface area contributed by atoms with Gasteiger partial charge in [0.05, 0.1) is 20.6 Å². The van der Waals surface area contributed by atoms with Crippen LogP contribution in [0.1, 0.15) is 31.4 Å². The summed E-state index contributed by atoms with van der Waals surface area (Å²) in [5, 5.41) is 11.8. The maximum absolute atomic E-state index is 11.8. The summed E-state index contributed by atoms with van der Waals surface area (Å²) >= 11 is 0. The van der Waals surface area contributed by atoms with E-state index in [1.54, 1.807) is 0 Å². The first kappa shape index (κ1) is 17.4. The van der Waals surface area contributed by atoms with Gasteiger partial charge < -0.3 is 15.6 Å². The van der Waals surface area contributed by atoms with E-state index in [0.717, 1.165) is 17.5 Å². The van der Waals surface area contributed by atoms with Gasteiger partial charge in [-0.15, -0.1) is 0 Å². The standard InChI is InChI=1S/C12H16N2O2.C5H10/c1-14(2,16)8-12(11(13)15)7-9-5-3-4-6-10(9)12;1-3-5-4-2/h3-6H,7-8H2,1-2H3,(H2,13,15);3,5H,4H2,1-2H3/b;5-3-. The van der Waals surface area contributed by atoms with Gasteiger partial charge >= 0.3 is 0 Å². The molecule has 4 nitrogen and oxygen atoms in total. The number of fused-ring (bicyclic) bond motifs is 1. The lowest BCUT2D eigenvalue weighted by atomic mass is 9.63. The van der Waals surface area contributed by atoms with Gasteiger partial charge in [-0.05, 0) is 30.9 Å². The molecule has 116 valence electrons. The Kier molecular flexibility index (Phi) is 5.70. The molecular weight excluding hydrogens is 264 g/mol. The molecule has 0 saturated heterocycles. The Labute approximate surface area is 127 Å². The van der Waals surface area contributed by atoms with E-state index in [4.69, 9.17) is 5.73 Å².